The summed E-state index contributed by atoms with van der Waals surface area (Å²) in [6.45, 7) is 2.58. The van der Waals surface area contributed by atoms with Crippen LogP contribution >= 0.6 is 0 Å². The SMILES string of the molecule is O=C(O)c1ccc(CNc2ccc(N3CCCC3)nc2)o1. The first-order valence-electron chi connectivity index (χ1n) is 6.99. The Balaban J connectivity index is 1.58. The van der Waals surface area contributed by atoms with Gasteiger partial charge >= 0.3 is 5.97 Å². The molecule has 0 aromatic carbocycles. The van der Waals surface area contributed by atoms with Gasteiger partial charge in [0.25, 0.3) is 0 Å². The minimum Gasteiger partial charge on any atom is -0.475 e. The number of furan rings is 1. The molecule has 2 aromatic rings. The highest BCUT2D eigenvalue weighted by molar-refractivity contribution is 5.84. The van der Waals surface area contributed by atoms with Crippen molar-refractivity contribution in [2.75, 3.05) is 23.3 Å². The Morgan fingerprint density at radius 2 is 2.10 bits per heavy atom. The van der Waals surface area contributed by atoms with E-state index in [0.29, 0.717) is 12.3 Å². The van der Waals surface area contributed by atoms with Crippen molar-refractivity contribution in [3.8, 4) is 0 Å². The maximum Gasteiger partial charge on any atom is 0.371 e. The monoisotopic (exact) mass is 287 g/mol. The summed E-state index contributed by atoms with van der Waals surface area (Å²) >= 11 is 0. The molecular weight excluding hydrogens is 270 g/mol. The summed E-state index contributed by atoms with van der Waals surface area (Å²) in [5.41, 5.74) is 0.881. The first kappa shape index (κ1) is 13.5. The van der Waals surface area contributed by atoms with Crippen LogP contribution in [0.15, 0.2) is 34.9 Å². The maximum absolute atomic E-state index is 10.7. The lowest BCUT2D eigenvalue weighted by Gasteiger charge is -2.16. The number of nitrogens with one attached hydrogen (secondary N) is 1. The molecule has 0 spiro atoms. The molecular formula is C15H17N3O3. The molecule has 2 N–H and O–H groups in total. The molecule has 110 valence electrons. The number of pyridine rings is 1. The van der Waals surface area contributed by atoms with Crippen LogP contribution in [0, 0.1) is 0 Å². The Labute approximate surface area is 122 Å². The van der Waals surface area contributed by atoms with Crippen LogP contribution in [-0.4, -0.2) is 29.1 Å². The third-order valence-electron chi connectivity index (χ3n) is 3.52. The van der Waals surface area contributed by atoms with Crippen LogP contribution in [0.3, 0.4) is 0 Å². The smallest absolute Gasteiger partial charge is 0.371 e. The molecule has 1 aliphatic heterocycles. The van der Waals surface area contributed by atoms with E-state index < -0.39 is 5.97 Å². The number of aromatic nitrogens is 1. The van der Waals surface area contributed by atoms with Crippen molar-refractivity contribution in [3.63, 3.8) is 0 Å². The van der Waals surface area contributed by atoms with Crippen molar-refractivity contribution in [3.05, 3.63) is 42.0 Å². The van der Waals surface area contributed by atoms with E-state index in [9.17, 15) is 4.79 Å². The minimum atomic E-state index is -1.06. The molecule has 0 atom stereocenters. The second-order valence-electron chi connectivity index (χ2n) is 5.02. The van der Waals surface area contributed by atoms with E-state index in [4.69, 9.17) is 9.52 Å². The molecule has 21 heavy (non-hydrogen) atoms. The van der Waals surface area contributed by atoms with Gasteiger partial charge in [0.1, 0.15) is 11.6 Å². The van der Waals surface area contributed by atoms with E-state index >= 15 is 0 Å². The average Bonchev–Trinajstić information content (AvgIpc) is 3.17. The normalized spacial score (nSPS) is 14.4. The summed E-state index contributed by atoms with van der Waals surface area (Å²) in [5, 5.41) is 12.0. The Kier molecular flexibility index (Phi) is 3.77. The van der Waals surface area contributed by atoms with Crippen LogP contribution in [-0.2, 0) is 6.54 Å². The number of carboxylic acid groups (broad SMARTS) is 1. The van der Waals surface area contributed by atoms with Gasteiger partial charge in [-0.3, -0.25) is 0 Å². The number of carboxylic acids is 1. The zero-order valence-corrected chi connectivity index (χ0v) is 11.6. The average molecular weight is 287 g/mol. The molecule has 0 bridgehead atoms. The van der Waals surface area contributed by atoms with E-state index in [1.165, 1.54) is 18.9 Å². The van der Waals surface area contributed by atoms with Gasteiger partial charge in [0.05, 0.1) is 18.4 Å². The highest BCUT2D eigenvalue weighted by Crippen LogP contribution is 2.19. The van der Waals surface area contributed by atoms with E-state index in [1.807, 2.05) is 12.1 Å². The molecule has 1 saturated heterocycles. The largest absolute Gasteiger partial charge is 0.475 e. The summed E-state index contributed by atoms with van der Waals surface area (Å²) < 4.78 is 5.18. The van der Waals surface area contributed by atoms with Gasteiger partial charge < -0.3 is 19.7 Å². The van der Waals surface area contributed by atoms with E-state index in [-0.39, 0.29) is 5.76 Å². The molecule has 0 saturated carbocycles. The van der Waals surface area contributed by atoms with Gasteiger partial charge in [0, 0.05) is 13.1 Å². The third-order valence-corrected chi connectivity index (χ3v) is 3.52. The summed E-state index contributed by atoms with van der Waals surface area (Å²) in [6, 6.07) is 7.08. The Morgan fingerprint density at radius 3 is 2.71 bits per heavy atom. The van der Waals surface area contributed by atoms with Gasteiger partial charge in [0.2, 0.25) is 5.76 Å². The van der Waals surface area contributed by atoms with Gasteiger partial charge in [-0.15, -0.1) is 0 Å². The third kappa shape index (κ3) is 3.16. The van der Waals surface area contributed by atoms with Crippen LogP contribution in [0.4, 0.5) is 11.5 Å². The lowest BCUT2D eigenvalue weighted by atomic mass is 10.3. The van der Waals surface area contributed by atoms with Gasteiger partial charge in [-0.25, -0.2) is 9.78 Å². The fourth-order valence-electron chi connectivity index (χ4n) is 2.40. The molecule has 3 rings (SSSR count). The lowest BCUT2D eigenvalue weighted by Crippen LogP contribution is -2.18. The van der Waals surface area contributed by atoms with Gasteiger partial charge in [-0.2, -0.15) is 0 Å². The first-order valence-corrected chi connectivity index (χ1v) is 6.99. The Morgan fingerprint density at radius 1 is 1.29 bits per heavy atom. The number of nitrogens with zero attached hydrogens (tertiary/aromatic N) is 2. The highest BCUT2D eigenvalue weighted by atomic mass is 16.4. The molecule has 1 fully saturated rings. The second kappa shape index (κ2) is 5.87. The Hall–Kier alpha value is -2.50. The van der Waals surface area contributed by atoms with E-state index in [2.05, 4.69) is 15.2 Å². The molecule has 2 aromatic heterocycles. The molecule has 6 nitrogen and oxygen atoms in total. The van der Waals surface area contributed by atoms with Crippen LogP contribution in [0.2, 0.25) is 0 Å². The molecule has 6 heteroatoms. The van der Waals surface area contributed by atoms with E-state index in [1.54, 1.807) is 12.3 Å². The molecule has 0 aliphatic carbocycles. The summed E-state index contributed by atoms with van der Waals surface area (Å²) in [4.78, 5) is 17.4. The van der Waals surface area contributed by atoms with Gasteiger partial charge in [0.15, 0.2) is 0 Å². The van der Waals surface area contributed by atoms with Crippen molar-refractivity contribution in [1.29, 1.82) is 0 Å². The van der Waals surface area contributed by atoms with Crippen LogP contribution in [0.1, 0.15) is 29.2 Å². The molecule has 1 aliphatic rings. The summed E-state index contributed by atoms with van der Waals surface area (Å²) in [5.74, 6) is 0.479. The van der Waals surface area contributed by atoms with Crippen molar-refractivity contribution in [2.24, 2.45) is 0 Å². The zero-order chi connectivity index (χ0) is 14.7. The highest BCUT2D eigenvalue weighted by Gasteiger charge is 2.13. The lowest BCUT2D eigenvalue weighted by molar-refractivity contribution is 0.0660. The zero-order valence-electron chi connectivity index (χ0n) is 11.6. The van der Waals surface area contributed by atoms with Crippen LogP contribution < -0.4 is 10.2 Å². The number of rotatable bonds is 5. The Bertz CT molecular complexity index is 615. The predicted octanol–water partition coefficient (Wildman–Crippen LogP) is 2.59. The standard InChI is InChI=1S/C15H17N3O3/c19-15(20)13-5-4-12(21-13)10-16-11-3-6-14(17-9-11)18-7-1-2-8-18/h3-6,9,16H,1-2,7-8,10H2,(H,19,20). The van der Waals surface area contributed by atoms with Gasteiger partial charge in [-0.05, 0) is 37.1 Å². The number of hydrogen-bond donors (Lipinski definition) is 2. The number of anilines is 2. The van der Waals surface area contributed by atoms with Crippen molar-refractivity contribution < 1.29 is 14.3 Å². The fourth-order valence-corrected chi connectivity index (χ4v) is 2.40. The molecule has 0 unspecified atom stereocenters. The number of hydrogen-bond acceptors (Lipinski definition) is 5. The quantitative estimate of drug-likeness (QED) is 0.880. The maximum atomic E-state index is 10.7. The minimum absolute atomic E-state index is 0.0469. The topological polar surface area (TPSA) is 78.6 Å². The van der Waals surface area contributed by atoms with Crippen molar-refractivity contribution >= 4 is 17.5 Å². The predicted molar refractivity (Wildman–Crippen MR) is 78.7 cm³/mol. The second-order valence-corrected chi connectivity index (χ2v) is 5.02. The van der Waals surface area contributed by atoms with Crippen LogP contribution in [0.5, 0.6) is 0 Å². The van der Waals surface area contributed by atoms with Crippen molar-refractivity contribution in [1.82, 2.24) is 4.98 Å². The number of aromatic carboxylic acids is 1. The van der Waals surface area contributed by atoms with Crippen LogP contribution in [0.25, 0.3) is 0 Å². The van der Waals surface area contributed by atoms with E-state index in [0.717, 1.165) is 24.6 Å². The summed E-state index contributed by atoms with van der Waals surface area (Å²) in [7, 11) is 0. The summed E-state index contributed by atoms with van der Waals surface area (Å²) in [6.07, 6.45) is 4.24. The van der Waals surface area contributed by atoms with Gasteiger partial charge in [-0.1, -0.05) is 0 Å². The molecule has 0 amide bonds. The molecule has 3 heterocycles. The molecule has 0 radical (unpaired) electrons. The van der Waals surface area contributed by atoms with Crippen molar-refractivity contribution in [2.45, 2.75) is 19.4 Å². The first-order chi connectivity index (χ1) is 10.2. The number of carbonyl (C=O) groups is 1. The fraction of sp³-hybridized carbons (Fsp3) is 0.333.